The summed E-state index contributed by atoms with van der Waals surface area (Å²) in [7, 11) is 1.59. The molecule has 0 bridgehead atoms. The van der Waals surface area contributed by atoms with Gasteiger partial charge in [-0.1, -0.05) is 45.0 Å². The molecule has 0 aliphatic carbocycles. The first-order chi connectivity index (χ1) is 15.7. The fourth-order valence-corrected chi connectivity index (χ4v) is 4.55. The number of thiazole rings is 1. The van der Waals surface area contributed by atoms with Gasteiger partial charge < -0.3 is 10.1 Å². The fourth-order valence-electron chi connectivity index (χ4n) is 3.38. The zero-order valence-electron chi connectivity index (χ0n) is 18.9. The highest BCUT2D eigenvalue weighted by atomic mass is 32.1. The maximum Gasteiger partial charge on any atom is 0.257 e. The highest BCUT2D eigenvalue weighted by Gasteiger charge is 2.16. The molecule has 1 aromatic heterocycles. The Bertz CT molecular complexity index is 1290. The maximum absolute atomic E-state index is 12.7. The van der Waals surface area contributed by atoms with Crippen molar-refractivity contribution in [3.05, 3.63) is 77.9 Å². The smallest absolute Gasteiger partial charge is 0.257 e. The van der Waals surface area contributed by atoms with Crippen LogP contribution < -0.4 is 15.4 Å². The molecule has 4 rings (SSSR count). The second kappa shape index (κ2) is 9.29. The fraction of sp³-hybridized carbons (Fsp3) is 0.192. The van der Waals surface area contributed by atoms with E-state index in [0.29, 0.717) is 17.0 Å². The van der Waals surface area contributed by atoms with E-state index in [9.17, 15) is 4.79 Å². The minimum Gasteiger partial charge on any atom is -0.495 e. The lowest BCUT2D eigenvalue weighted by atomic mass is 9.87. The minimum absolute atomic E-state index is 0.0245. The molecule has 2 N–H and O–H groups in total. The Morgan fingerprint density at radius 3 is 2.42 bits per heavy atom. The van der Waals surface area contributed by atoms with Crippen LogP contribution in [0, 0.1) is 0 Å². The molecule has 0 spiro atoms. The molecule has 0 saturated heterocycles. The van der Waals surface area contributed by atoms with Gasteiger partial charge in [-0.3, -0.25) is 10.1 Å². The van der Waals surface area contributed by atoms with E-state index in [1.165, 1.54) is 0 Å². The first-order valence-electron chi connectivity index (χ1n) is 10.5. The zero-order valence-corrected chi connectivity index (χ0v) is 20.6. The van der Waals surface area contributed by atoms with Crippen molar-refractivity contribution in [2.75, 3.05) is 12.4 Å². The van der Waals surface area contributed by atoms with Crippen LogP contribution in [-0.4, -0.2) is 23.1 Å². The van der Waals surface area contributed by atoms with Crippen LogP contribution in [0.3, 0.4) is 0 Å². The number of carbonyl (C=O) groups is 1. The highest BCUT2D eigenvalue weighted by Crippen LogP contribution is 2.34. The number of para-hydroxylation sites is 1. The van der Waals surface area contributed by atoms with E-state index in [1.807, 2.05) is 60.7 Å². The predicted octanol–water partition coefficient (Wildman–Crippen LogP) is 6.40. The van der Waals surface area contributed by atoms with Gasteiger partial charge in [0.2, 0.25) is 0 Å². The van der Waals surface area contributed by atoms with E-state index < -0.39 is 0 Å². The Morgan fingerprint density at radius 2 is 1.76 bits per heavy atom. The number of methoxy groups -OCH3 is 1. The summed E-state index contributed by atoms with van der Waals surface area (Å²) >= 11 is 7.03. The van der Waals surface area contributed by atoms with Gasteiger partial charge >= 0.3 is 0 Å². The molecule has 0 aliphatic heterocycles. The van der Waals surface area contributed by atoms with Crippen molar-refractivity contribution in [1.29, 1.82) is 0 Å². The molecule has 1 heterocycles. The van der Waals surface area contributed by atoms with Crippen LogP contribution in [0.15, 0.2) is 66.7 Å². The topological polar surface area (TPSA) is 63.2 Å². The molecule has 7 heteroatoms. The van der Waals surface area contributed by atoms with Crippen molar-refractivity contribution >= 4 is 50.5 Å². The molecule has 0 radical (unpaired) electrons. The van der Waals surface area contributed by atoms with Crippen molar-refractivity contribution in [3.63, 3.8) is 0 Å². The number of anilines is 1. The molecule has 33 heavy (non-hydrogen) atoms. The molecule has 0 unspecified atom stereocenters. The van der Waals surface area contributed by atoms with Gasteiger partial charge in [0, 0.05) is 11.1 Å². The number of nitrogens with zero attached hydrogens (tertiary/aromatic N) is 1. The predicted molar refractivity (Wildman–Crippen MR) is 140 cm³/mol. The molecule has 3 aromatic carbocycles. The average Bonchev–Trinajstić information content (AvgIpc) is 3.23. The number of rotatable bonds is 4. The lowest BCUT2D eigenvalue weighted by Gasteiger charge is -2.19. The normalized spacial score (nSPS) is 11.3. The first kappa shape index (κ1) is 22.9. The molecule has 0 atom stereocenters. The van der Waals surface area contributed by atoms with Gasteiger partial charge in [-0.15, -0.1) is 11.3 Å². The summed E-state index contributed by atoms with van der Waals surface area (Å²) in [5.41, 5.74) is 4.28. The van der Waals surface area contributed by atoms with Crippen LogP contribution in [0.5, 0.6) is 5.75 Å². The number of ether oxygens (including phenoxy) is 1. The van der Waals surface area contributed by atoms with E-state index in [0.717, 1.165) is 26.4 Å². The minimum atomic E-state index is -0.269. The second-order valence-corrected chi connectivity index (χ2v) is 10.1. The van der Waals surface area contributed by atoms with Crippen molar-refractivity contribution < 1.29 is 9.53 Å². The number of benzene rings is 3. The summed E-state index contributed by atoms with van der Waals surface area (Å²) < 4.78 is 6.60. The van der Waals surface area contributed by atoms with Crippen LogP contribution in [0.25, 0.3) is 20.8 Å². The SMILES string of the molecule is COc1ccc(-c2nc3ccccc3s2)cc1NC(=S)NC(=O)c1ccc(C(C)(C)C)cc1. The molecule has 0 saturated carbocycles. The second-order valence-electron chi connectivity index (χ2n) is 8.64. The third-order valence-electron chi connectivity index (χ3n) is 5.23. The standard InChI is InChI=1S/C26H25N3O2S2/c1-26(2,3)18-12-9-16(10-13-18)23(30)29-25(32)28-20-15-17(11-14-21(20)31-4)24-27-19-7-5-6-8-22(19)33-24/h5-15H,1-4H3,(H2,28,29,30,32). The number of aromatic nitrogens is 1. The number of thiocarbonyl (C=S) groups is 1. The third kappa shape index (κ3) is 5.21. The van der Waals surface area contributed by atoms with Gasteiger partial charge in [0.05, 0.1) is 23.0 Å². The van der Waals surface area contributed by atoms with E-state index >= 15 is 0 Å². The summed E-state index contributed by atoms with van der Waals surface area (Å²) in [6.45, 7) is 6.41. The Labute approximate surface area is 202 Å². The third-order valence-corrected chi connectivity index (χ3v) is 6.52. The maximum atomic E-state index is 12.7. The van der Waals surface area contributed by atoms with Crippen molar-refractivity contribution in [2.45, 2.75) is 26.2 Å². The molecule has 5 nitrogen and oxygen atoms in total. The van der Waals surface area contributed by atoms with Gasteiger partial charge in [-0.25, -0.2) is 4.98 Å². The molecule has 0 fully saturated rings. The number of fused-ring (bicyclic) bond motifs is 1. The number of carbonyl (C=O) groups excluding carboxylic acids is 1. The van der Waals surface area contributed by atoms with Crippen molar-refractivity contribution in [1.82, 2.24) is 10.3 Å². The molecule has 168 valence electrons. The Morgan fingerprint density at radius 1 is 1.03 bits per heavy atom. The van der Waals surface area contributed by atoms with Crippen LogP contribution in [-0.2, 0) is 5.41 Å². The molecular weight excluding hydrogens is 450 g/mol. The quantitative estimate of drug-likeness (QED) is 0.335. The lowest BCUT2D eigenvalue weighted by Crippen LogP contribution is -2.34. The Balaban J connectivity index is 1.51. The molecule has 0 aliphatic rings. The molecular formula is C26H25N3O2S2. The Kier molecular flexibility index (Phi) is 6.44. The molecule has 1 amide bonds. The van der Waals surface area contributed by atoms with Crippen LogP contribution >= 0.6 is 23.6 Å². The van der Waals surface area contributed by atoms with Gasteiger partial charge in [0.25, 0.3) is 5.91 Å². The molecule has 4 aromatic rings. The van der Waals surface area contributed by atoms with Crippen LogP contribution in [0.1, 0.15) is 36.7 Å². The summed E-state index contributed by atoms with van der Waals surface area (Å²) in [6, 6.07) is 21.3. The van der Waals surface area contributed by atoms with Gasteiger partial charge in [0.1, 0.15) is 10.8 Å². The number of amides is 1. The largest absolute Gasteiger partial charge is 0.495 e. The average molecular weight is 476 g/mol. The summed E-state index contributed by atoms with van der Waals surface area (Å²) in [4.78, 5) is 17.4. The summed E-state index contributed by atoms with van der Waals surface area (Å²) in [5, 5.41) is 6.93. The summed E-state index contributed by atoms with van der Waals surface area (Å²) in [5.74, 6) is 0.347. The number of hydrogen-bond acceptors (Lipinski definition) is 5. The van der Waals surface area contributed by atoms with E-state index in [1.54, 1.807) is 18.4 Å². The zero-order chi connectivity index (χ0) is 23.6. The van der Waals surface area contributed by atoms with E-state index in [2.05, 4.69) is 37.5 Å². The van der Waals surface area contributed by atoms with Crippen LogP contribution in [0.4, 0.5) is 5.69 Å². The van der Waals surface area contributed by atoms with Gasteiger partial charge in [0.15, 0.2) is 5.11 Å². The van der Waals surface area contributed by atoms with E-state index in [4.69, 9.17) is 21.9 Å². The number of hydrogen-bond donors (Lipinski definition) is 2. The first-order valence-corrected chi connectivity index (χ1v) is 11.7. The van der Waals surface area contributed by atoms with E-state index in [-0.39, 0.29) is 16.4 Å². The van der Waals surface area contributed by atoms with Crippen molar-refractivity contribution in [2.24, 2.45) is 0 Å². The monoisotopic (exact) mass is 475 g/mol. The van der Waals surface area contributed by atoms with Gasteiger partial charge in [-0.05, 0) is 65.7 Å². The van der Waals surface area contributed by atoms with Gasteiger partial charge in [-0.2, -0.15) is 0 Å². The van der Waals surface area contributed by atoms with Crippen LogP contribution in [0.2, 0.25) is 0 Å². The lowest BCUT2D eigenvalue weighted by molar-refractivity contribution is 0.0977. The summed E-state index contributed by atoms with van der Waals surface area (Å²) in [6.07, 6.45) is 0. The highest BCUT2D eigenvalue weighted by molar-refractivity contribution is 7.80. The van der Waals surface area contributed by atoms with Crippen molar-refractivity contribution in [3.8, 4) is 16.3 Å². The number of nitrogens with one attached hydrogen (secondary N) is 2. The Hall–Kier alpha value is -3.29.